The third-order valence-electron chi connectivity index (χ3n) is 5.60. The molecule has 7 nitrogen and oxygen atoms in total. The van der Waals surface area contributed by atoms with Gasteiger partial charge in [-0.3, -0.25) is 4.79 Å². The number of aryl methyl sites for hydroxylation is 2. The number of anilines is 2. The van der Waals surface area contributed by atoms with Crippen molar-refractivity contribution < 1.29 is 9.18 Å². The van der Waals surface area contributed by atoms with Crippen LogP contribution in [0.3, 0.4) is 0 Å². The van der Waals surface area contributed by atoms with Crippen molar-refractivity contribution in [2.24, 2.45) is 5.73 Å². The number of nitrogens with zero attached hydrogens (tertiary/aromatic N) is 3. The van der Waals surface area contributed by atoms with E-state index in [1.165, 1.54) is 6.07 Å². The molecule has 5 rings (SSSR count). The highest BCUT2D eigenvalue weighted by atomic mass is 19.1. The number of rotatable bonds is 3. The molecule has 1 aliphatic rings. The molecule has 0 bridgehead atoms. The maximum atomic E-state index is 14.4. The van der Waals surface area contributed by atoms with Crippen molar-refractivity contribution in [3.8, 4) is 0 Å². The molecular weight excluding hydrogens is 383 g/mol. The van der Waals surface area contributed by atoms with Crippen molar-refractivity contribution in [2.75, 3.05) is 23.3 Å². The number of carbonyl (C=O) groups excluding carboxylic acids is 1. The Balaban J connectivity index is 1.51. The Hall–Kier alpha value is -3.39. The van der Waals surface area contributed by atoms with Gasteiger partial charge < -0.3 is 25.3 Å². The number of hydrogen-bond donors (Lipinski definition) is 3. The molecule has 30 heavy (non-hydrogen) atoms. The van der Waals surface area contributed by atoms with E-state index < -0.39 is 5.82 Å². The first-order valence-electron chi connectivity index (χ1n) is 9.98. The predicted molar refractivity (Wildman–Crippen MR) is 116 cm³/mol. The van der Waals surface area contributed by atoms with Crippen LogP contribution < -0.4 is 16.0 Å². The molecule has 1 saturated heterocycles. The van der Waals surface area contributed by atoms with Gasteiger partial charge in [-0.15, -0.1) is 0 Å². The zero-order valence-electron chi connectivity index (χ0n) is 16.9. The van der Waals surface area contributed by atoms with E-state index in [0.29, 0.717) is 16.9 Å². The maximum absolute atomic E-state index is 14.4. The number of amides is 1. The zero-order chi connectivity index (χ0) is 21.0. The minimum atomic E-state index is -0.484. The van der Waals surface area contributed by atoms with Crippen LogP contribution in [0.2, 0.25) is 0 Å². The Bertz CT molecular complexity index is 1290. The van der Waals surface area contributed by atoms with Gasteiger partial charge in [-0.25, -0.2) is 9.37 Å². The van der Waals surface area contributed by atoms with Crippen LogP contribution in [0.15, 0.2) is 36.7 Å². The van der Waals surface area contributed by atoms with Crippen LogP contribution in [0.4, 0.5) is 15.8 Å². The van der Waals surface area contributed by atoms with Crippen LogP contribution in [0.1, 0.15) is 28.2 Å². The second-order valence-electron chi connectivity index (χ2n) is 8.01. The molecule has 1 aromatic carbocycles. The molecule has 1 fully saturated rings. The average molecular weight is 406 g/mol. The van der Waals surface area contributed by atoms with E-state index in [9.17, 15) is 9.18 Å². The van der Waals surface area contributed by atoms with Crippen molar-refractivity contribution in [1.82, 2.24) is 14.4 Å². The molecule has 154 valence electrons. The number of aromatic amines is 1. The van der Waals surface area contributed by atoms with Crippen molar-refractivity contribution in [3.63, 3.8) is 0 Å². The monoisotopic (exact) mass is 406 g/mol. The van der Waals surface area contributed by atoms with E-state index in [4.69, 9.17) is 5.73 Å². The van der Waals surface area contributed by atoms with Crippen molar-refractivity contribution in [2.45, 2.75) is 26.3 Å². The van der Waals surface area contributed by atoms with Gasteiger partial charge in [0, 0.05) is 54.4 Å². The third kappa shape index (κ3) is 3.09. The molecule has 0 aliphatic carbocycles. The van der Waals surface area contributed by atoms with Crippen LogP contribution >= 0.6 is 0 Å². The molecule has 4 heterocycles. The van der Waals surface area contributed by atoms with E-state index in [0.717, 1.165) is 41.8 Å². The molecule has 1 amide bonds. The Morgan fingerprint density at radius 1 is 1.30 bits per heavy atom. The number of hydrogen-bond acceptors (Lipinski definition) is 4. The van der Waals surface area contributed by atoms with Gasteiger partial charge >= 0.3 is 0 Å². The molecule has 8 heteroatoms. The summed E-state index contributed by atoms with van der Waals surface area (Å²) in [5.41, 5.74) is 10.7. The molecule has 0 saturated carbocycles. The fourth-order valence-corrected chi connectivity index (χ4v) is 4.26. The van der Waals surface area contributed by atoms with E-state index in [1.807, 2.05) is 25.1 Å². The Morgan fingerprint density at radius 2 is 2.13 bits per heavy atom. The number of fused-ring (bicyclic) bond motifs is 2. The lowest BCUT2D eigenvalue weighted by molar-refractivity contribution is 0.102. The summed E-state index contributed by atoms with van der Waals surface area (Å²) in [6.45, 7) is 5.46. The van der Waals surface area contributed by atoms with E-state index in [1.54, 1.807) is 23.7 Å². The van der Waals surface area contributed by atoms with Gasteiger partial charge in [0.25, 0.3) is 5.91 Å². The highest BCUT2D eigenvalue weighted by Crippen LogP contribution is 2.32. The Labute approximate surface area is 172 Å². The summed E-state index contributed by atoms with van der Waals surface area (Å²) in [6.07, 6.45) is 4.33. The lowest BCUT2D eigenvalue weighted by atomic mass is 10.1. The van der Waals surface area contributed by atoms with Gasteiger partial charge in [0.1, 0.15) is 0 Å². The first-order chi connectivity index (χ1) is 14.4. The number of pyridine rings is 1. The normalized spacial score (nSPS) is 16.7. The number of H-pyrrole nitrogens is 1. The fraction of sp³-hybridized carbons (Fsp3) is 0.273. The summed E-state index contributed by atoms with van der Waals surface area (Å²) < 4.78 is 15.9. The Kier molecular flexibility index (Phi) is 4.25. The predicted octanol–water partition coefficient (Wildman–Crippen LogP) is 3.36. The number of nitrogens with one attached hydrogen (secondary N) is 2. The van der Waals surface area contributed by atoms with E-state index in [2.05, 4.69) is 20.2 Å². The SMILES string of the molecule is Cc1cn2cc(NC(=O)c3ccc(N4CC[C@@H](N)C4)c4cc(C)[nH]c34)cc(F)c2n1. The first-order valence-corrected chi connectivity index (χ1v) is 9.98. The summed E-state index contributed by atoms with van der Waals surface area (Å²) in [4.78, 5) is 22.8. The number of benzene rings is 1. The van der Waals surface area contributed by atoms with Gasteiger partial charge in [-0.1, -0.05) is 0 Å². The molecule has 0 spiro atoms. The second kappa shape index (κ2) is 6.84. The minimum absolute atomic E-state index is 0.166. The van der Waals surface area contributed by atoms with Crippen molar-refractivity contribution in [1.29, 1.82) is 0 Å². The van der Waals surface area contributed by atoms with Gasteiger partial charge in [-0.2, -0.15) is 0 Å². The van der Waals surface area contributed by atoms with Crippen LogP contribution in [0, 0.1) is 19.7 Å². The zero-order valence-corrected chi connectivity index (χ0v) is 16.9. The molecular formula is C22H23FN6O. The number of imidazole rings is 1. The van der Waals surface area contributed by atoms with Crippen molar-refractivity contribution in [3.05, 3.63) is 59.4 Å². The largest absolute Gasteiger partial charge is 0.369 e. The number of carbonyl (C=O) groups is 1. The maximum Gasteiger partial charge on any atom is 0.257 e. The van der Waals surface area contributed by atoms with Gasteiger partial charge in [0.2, 0.25) is 0 Å². The lowest BCUT2D eigenvalue weighted by Gasteiger charge is -2.20. The molecule has 4 N–H and O–H groups in total. The summed E-state index contributed by atoms with van der Waals surface area (Å²) in [6, 6.07) is 7.27. The number of halogens is 1. The first kappa shape index (κ1) is 18.6. The molecule has 0 unspecified atom stereocenters. The van der Waals surface area contributed by atoms with Gasteiger partial charge in [-0.05, 0) is 38.5 Å². The van der Waals surface area contributed by atoms with E-state index in [-0.39, 0.29) is 17.6 Å². The van der Waals surface area contributed by atoms with Crippen molar-refractivity contribution >= 4 is 33.8 Å². The molecule has 1 atom stereocenters. The molecule has 0 radical (unpaired) electrons. The summed E-state index contributed by atoms with van der Waals surface area (Å²) in [5.74, 6) is -0.787. The highest BCUT2D eigenvalue weighted by Gasteiger charge is 2.23. The third-order valence-corrected chi connectivity index (χ3v) is 5.60. The van der Waals surface area contributed by atoms with Gasteiger partial charge in [0.05, 0.1) is 22.5 Å². The number of aromatic nitrogens is 3. The quantitative estimate of drug-likeness (QED) is 0.487. The van der Waals surface area contributed by atoms with Crippen LogP contribution in [0.5, 0.6) is 0 Å². The average Bonchev–Trinajstić information content (AvgIpc) is 3.38. The number of nitrogens with two attached hydrogens (primary N) is 1. The Morgan fingerprint density at radius 3 is 2.90 bits per heavy atom. The van der Waals surface area contributed by atoms with Crippen LogP contribution in [-0.2, 0) is 0 Å². The highest BCUT2D eigenvalue weighted by molar-refractivity contribution is 6.14. The smallest absolute Gasteiger partial charge is 0.257 e. The lowest BCUT2D eigenvalue weighted by Crippen LogP contribution is -2.26. The van der Waals surface area contributed by atoms with Crippen LogP contribution in [-0.4, -0.2) is 39.4 Å². The minimum Gasteiger partial charge on any atom is -0.369 e. The van der Waals surface area contributed by atoms with Gasteiger partial charge in [0.15, 0.2) is 11.5 Å². The van der Waals surface area contributed by atoms with E-state index >= 15 is 0 Å². The molecule has 3 aromatic heterocycles. The topological polar surface area (TPSA) is 91.5 Å². The molecule has 4 aromatic rings. The summed E-state index contributed by atoms with van der Waals surface area (Å²) in [5, 5.41) is 3.80. The fourth-order valence-electron chi connectivity index (χ4n) is 4.26. The molecule has 1 aliphatic heterocycles. The summed E-state index contributed by atoms with van der Waals surface area (Å²) >= 11 is 0. The van der Waals surface area contributed by atoms with Crippen LogP contribution in [0.25, 0.3) is 16.6 Å². The second-order valence-corrected chi connectivity index (χ2v) is 8.01. The standard InChI is InChI=1S/C22H23FN6O/c1-12-7-17-19(28-6-5-14(24)10-28)4-3-16(20(17)25-12)22(30)27-15-8-18(23)21-26-13(2)9-29(21)11-15/h3-4,7-9,11,14,25H,5-6,10,24H2,1-2H3,(H,27,30)/t14-/m1/s1. The summed E-state index contributed by atoms with van der Waals surface area (Å²) in [7, 11) is 0.